The molecule has 21 heavy (non-hydrogen) atoms. The fraction of sp³-hybridized carbons (Fsp3) is 0.733. The van der Waals surface area contributed by atoms with Crippen molar-refractivity contribution < 1.29 is 0 Å². The average molecular weight is 355 g/mol. The molecule has 116 valence electrons. The van der Waals surface area contributed by atoms with Crippen LogP contribution in [0.1, 0.15) is 32.6 Å². The minimum atomic E-state index is -0.0311. The fourth-order valence-electron chi connectivity index (χ4n) is 3.69. The molecule has 1 unspecified atom stereocenters. The Morgan fingerprint density at radius 2 is 2.24 bits per heavy atom. The van der Waals surface area contributed by atoms with E-state index in [4.69, 9.17) is 0 Å². The highest BCUT2D eigenvalue weighted by atomic mass is 79.9. The quantitative estimate of drug-likeness (QED) is 0.882. The van der Waals surface area contributed by atoms with E-state index in [1.165, 1.54) is 30.4 Å². The number of aryl methyl sites for hydroxylation is 1. The molecular weight excluding hydrogens is 332 g/mol. The smallest absolute Gasteiger partial charge is 0.283 e. The van der Waals surface area contributed by atoms with E-state index in [1.807, 2.05) is 13.1 Å². The molecule has 1 aromatic rings. The zero-order chi connectivity index (χ0) is 14.9. The predicted molar refractivity (Wildman–Crippen MR) is 87.9 cm³/mol. The van der Waals surface area contributed by atoms with Gasteiger partial charge in [-0.2, -0.15) is 5.10 Å². The first-order chi connectivity index (χ1) is 10.2. The van der Waals surface area contributed by atoms with Gasteiger partial charge in [-0.1, -0.05) is 0 Å². The summed E-state index contributed by atoms with van der Waals surface area (Å²) in [4.78, 5) is 14.6. The lowest BCUT2D eigenvalue weighted by atomic mass is 9.74. The van der Waals surface area contributed by atoms with Gasteiger partial charge < -0.3 is 10.2 Å². The molecule has 0 amide bonds. The van der Waals surface area contributed by atoms with Crippen LogP contribution in [0.3, 0.4) is 0 Å². The zero-order valence-corrected chi connectivity index (χ0v) is 14.2. The van der Waals surface area contributed by atoms with Crippen molar-refractivity contribution in [1.82, 2.24) is 15.1 Å². The van der Waals surface area contributed by atoms with E-state index in [0.29, 0.717) is 16.4 Å². The summed E-state index contributed by atoms with van der Waals surface area (Å²) in [5, 5.41) is 7.82. The maximum atomic E-state index is 12.2. The number of nitrogens with one attached hydrogen (secondary N) is 1. The van der Waals surface area contributed by atoms with Gasteiger partial charge in [-0.3, -0.25) is 4.79 Å². The number of nitrogens with zero attached hydrogens (tertiary/aromatic N) is 3. The molecule has 2 aliphatic heterocycles. The number of aromatic nitrogens is 2. The number of hydrogen-bond acceptors (Lipinski definition) is 4. The number of halogens is 1. The topological polar surface area (TPSA) is 50.2 Å². The number of piperidine rings is 2. The van der Waals surface area contributed by atoms with Gasteiger partial charge in [0.2, 0.25) is 0 Å². The summed E-state index contributed by atoms with van der Waals surface area (Å²) in [5.74, 6) is 0. The van der Waals surface area contributed by atoms with Gasteiger partial charge in [-0.05, 0) is 55.1 Å². The molecule has 2 aliphatic rings. The van der Waals surface area contributed by atoms with Gasteiger partial charge in [-0.25, -0.2) is 4.68 Å². The second-order valence-corrected chi connectivity index (χ2v) is 7.06. The van der Waals surface area contributed by atoms with Gasteiger partial charge in [0.25, 0.3) is 5.56 Å². The van der Waals surface area contributed by atoms with Crippen molar-refractivity contribution in [2.24, 2.45) is 5.41 Å². The Hall–Kier alpha value is -0.880. The summed E-state index contributed by atoms with van der Waals surface area (Å²) in [6.45, 7) is 6.81. The predicted octanol–water partition coefficient (Wildman–Crippen LogP) is 2.00. The van der Waals surface area contributed by atoms with Crippen LogP contribution in [0.4, 0.5) is 5.69 Å². The van der Waals surface area contributed by atoms with Crippen LogP contribution in [0, 0.1) is 5.41 Å². The molecule has 0 saturated carbocycles. The molecule has 2 saturated heterocycles. The third-order valence-electron chi connectivity index (χ3n) is 4.83. The maximum Gasteiger partial charge on any atom is 0.283 e. The van der Waals surface area contributed by atoms with Crippen molar-refractivity contribution in [1.29, 1.82) is 0 Å². The average Bonchev–Trinajstić information content (AvgIpc) is 2.51. The van der Waals surface area contributed by atoms with E-state index in [2.05, 4.69) is 31.2 Å². The van der Waals surface area contributed by atoms with Gasteiger partial charge in [-0.15, -0.1) is 0 Å². The van der Waals surface area contributed by atoms with Gasteiger partial charge in [0.15, 0.2) is 0 Å². The lowest BCUT2D eigenvalue weighted by molar-refractivity contribution is 0.173. The molecular formula is C15H23BrN4O. The van der Waals surface area contributed by atoms with Crippen molar-refractivity contribution >= 4 is 21.6 Å². The van der Waals surface area contributed by atoms with Gasteiger partial charge >= 0.3 is 0 Å². The van der Waals surface area contributed by atoms with Crippen LogP contribution in [0.5, 0.6) is 0 Å². The third kappa shape index (κ3) is 2.88. The Morgan fingerprint density at radius 1 is 1.43 bits per heavy atom. The van der Waals surface area contributed by atoms with Crippen LogP contribution in [0.2, 0.25) is 0 Å². The summed E-state index contributed by atoms with van der Waals surface area (Å²) in [6.07, 6.45) is 6.85. The molecule has 1 aromatic heterocycles. The van der Waals surface area contributed by atoms with Crippen LogP contribution >= 0.6 is 15.9 Å². The number of anilines is 1. The SMILES string of the molecule is CCn1ncc(N2CCCC3(CCCNC3)C2)c(Br)c1=O. The molecule has 0 radical (unpaired) electrons. The molecule has 6 heteroatoms. The minimum absolute atomic E-state index is 0.0311. The molecule has 5 nitrogen and oxygen atoms in total. The Labute approximate surface area is 133 Å². The van der Waals surface area contributed by atoms with E-state index in [9.17, 15) is 4.79 Å². The van der Waals surface area contributed by atoms with Crippen molar-refractivity contribution in [3.63, 3.8) is 0 Å². The van der Waals surface area contributed by atoms with Crippen LogP contribution in [0.25, 0.3) is 0 Å². The van der Waals surface area contributed by atoms with Crippen molar-refractivity contribution in [3.05, 3.63) is 21.0 Å². The molecule has 1 spiro atoms. The van der Waals surface area contributed by atoms with Crippen LogP contribution in [-0.4, -0.2) is 36.0 Å². The highest BCUT2D eigenvalue weighted by Gasteiger charge is 2.37. The van der Waals surface area contributed by atoms with E-state index >= 15 is 0 Å². The standard InChI is InChI=1S/C15H23BrN4O/c1-2-20-14(21)13(16)12(9-18-20)19-8-4-6-15(11-19)5-3-7-17-10-15/h9,17H,2-8,10-11H2,1H3. The molecule has 2 fully saturated rings. The van der Waals surface area contributed by atoms with Crippen LogP contribution in [0.15, 0.2) is 15.5 Å². The first-order valence-electron chi connectivity index (χ1n) is 7.86. The van der Waals surface area contributed by atoms with Crippen LogP contribution in [-0.2, 0) is 6.54 Å². The van der Waals surface area contributed by atoms with Gasteiger partial charge in [0.05, 0.1) is 11.9 Å². The van der Waals surface area contributed by atoms with Crippen molar-refractivity contribution in [3.8, 4) is 0 Å². The summed E-state index contributed by atoms with van der Waals surface area (Å²) < 4.78 is 2.15. The third-order valence-corrected chi connectivity index (χ3v) is 5.57. The Bertz CT molecular complexity index is 560. The maximum absolute atomic E-state index is 12.2. The van der Waals surface area contributed by atoms with Crippen molar-refractivity contribution in [2.75, 3.05) is 31.1 Å². The second-order valence-electron chi connectivity index (χ2n) is 6.27. The normalized spacial score (nSPS) is 26.3. The van der Waals surface area contributed by atoms with E-state index in [1.54, 1.807) is 0 Å². The largest absolute Gasteiger partial charge is 0.369 e. The van der Waals surface area contributed by atoms with Gasteiger partial charge in [0, 0.05) is 31.6 Å². The molecule has 0 aromatic carbocycles. The first kappa shape index (κ1) is 15.0. The molecule has 3 heterocycles. The van der Waals surface area contributed by atoms with E-state index < -0.39 is 0 Å². The monoisotopic (exact) mass is 354 g/mol. The summed E-state index contributed by atoms with van der Waals surface area (Å²) in [7, 11) is 0. The summed E-state index contributed by atoms with van der Waals surface area (Å²) >= 11 is 3.49. The Kier molecular flexibility index (Phi) is 4.36. The summed E-state index contributed by atoms with van der Waals surface area (Å²) in [6, 6.07) is 0. The summed E-state index contributed by atoms with van der Waals surface area (Å²) in [5.41, 5.74) is 1.29. The van der Waals surface area contributed by atoms with Crippen molar-refractivity contribution in [2.45, 2.75) is 39.2 Å². The molecule has 0 aliphatic carbocycles. The number of rotatable bonds is 2. The lowest BCUT2D eigenvalue weighted by Crippen LogP contribution is -2.51. The molecule has 1 N–H and O–H groups in total. The minimum Gasteiger partial charge on any atom is -0.369 e. The Morgan fingerprint density at radius 3 is 2.95 bits per heavy atom. The first-order valence-corrected chi connectivity index (χ1v) is 8.66. The lowest BCUT2D eigenvalue weighted by Gasteiger charge is -2.46. The molecule has 0 bridgehead atoms. The van der Waals surface area contributed by atoms with Gasteiger partial charge in [0.1, 0.15) is 4.47 Å². The molecule has 3 rings (SSSR count). The van der Waals surface area contributed by atoms with Crippen LogP contribution < -0.4 is 15.8 Å². The van der Waals surface area contributed by atoms with E-state index in [-0.39, 0.29) is 5.56 Å². The highest BCUT2D eigenvalue weighted by Crippen LogP contribution is 2.38. The second kappa shape index (κ2) is 6.08. The van der Waals surface area contributed by atoms with E-state index in [0.717, 1.165) is 31.9 Å². The number of hydrogen-bond donors (Lipinski definition) is 1. The highest BCUT2D eigenvalue weighted by molar-refractivity contribution is 9.10. The Balaban J connectivity index is 1.86. The fourth-order valence-corrected chi connectivity index (χ4v) is 4.25. The molecule has 1 atom stereocenters. The zero-order valence-electron chi connectivity index (χ0n) is 12.6.